The molecule has 1 aromatic heterocycles. The van der Waals surface area contributed by atoms with Crippen LogP contribution in [0.3, 0.4) is 0 Å². The molecule has 0 aliphatic carbocycles. The molecule has 17 heavy (non-hydrogen) atoms. The van der Waals surface area contributed by atoms with Crippen molar-refractivity contribution in [3.8, 4) is 11.5 Å². The maximum atomic E-state index is 8.99. The van der Waals surface area contributed by atoms with E-state index in [1.54, 1.807) is 30.5 Å². The third-order valence-corrected chi connectivity index (χ3v) is 2.91. The number of hydrogen-bond acceptors (Lipinski definition) is 3. The van der Waals surface area contributed by atoms with Crippen molar-refractivity contribution in [2.24, 2.45) is 0 Å². The second-order valence-corrected chi connectivity index (χ2v) is 4.65. The fraction of sp³-hybridized carbons (Fsp3) is 0.0833. The van der Waals surface area contributed by atoms with E-state index in [1.807, 2.05) is 0 Å². The number of aliphatic hydroxyl groups is 1. The van der Waals surface area contributed by atoms with Gasteiger partial charge in [-0.15, -0.1) is 0 Å². The average Bonchev–Trinajstić information content (AvgIpc) is 2.32. The normalized spacial score (nSPS) is 10.3. The number of aliphatic hydroxyl groups excluding tert-OH is 1. The van der Waals surface area contributed by atoms with Crippen molar-refractivity contribution in [2.45, 2.75) is 6.61 Å². The van der Waals surface area contributed by atoms with Crippen LogP contribution in [-0.4, -0.2) is 10.1 Å². The van der Waals surface area contributed by atoms with Gasteiger partial charge in [-0.05, 0) is 33.6 Å². The number of halogens is 2. The van der Waals surface area contributed by atoms with Crippen molar-refractivity contribution in [3.05, 3.63) is 51.7 Å². The van der Waals surface area contributed by atoms with Gasteiger partial charge in [0.15, 0.2) is 0 Å². The molecule has 0 unspecified atom stereocenters. The zero-order valence-corrected chi connectivity index (χ0v) is 11.1. The predicted molar refractivity (Wildman–Crippen MR) is 69.4 cm³/mol. The number of hydrogen-bond donors (Lipinski definition) is 1. The standard InChI is InChI=1S/C12H9BrClNO2/c13-11-3-8(7-16)1-2-12(11)17-10-4-9(14)5-15-6-10/h1-6,16H,7H2. The van der Waals surface area contributed by atoms with Crippen molar-refractivity contribution < 1.29 is 9.84 Å². The van der Waals surface area contributed by atoms with E-state index in [-0.39, 0.29) is 6.61 Å². The number of pyridine rings is 1. The molecule has 1 N–H and O–H groups in total. The summed E-state index contributed by atoms with van der Waals surface area (Å²) in [6.07, 6.45) is 3.12. The Labute approximate surface area is 112 Å². The Bertz CT molecular complexity index is 534. The Morgan fingerprint density at radius 2 is 2.12 bits per heavy atom. The van der Waals surface area contributed by atoms with Gasteiger partial charge in [-0.25, -0.2) is 0 Å². The molecule has 0 aliphatic rings. The molecule has 0 spiro atoms. The summed E-state index contributed by atoms with van der Waals surface area (Å²) in [5, 5.41) is 9.51. The van der Waals surface area contributed by atoms with E-state index < -0.39 is 0 Å². The SMILES string of the molecule is OCc1ccc(Oc2cncc(Cl)c2)c(Br)c1. The number of ether oxygens (including phenoxy) is 1. The molecule has 88 valence electrons. The van der Waals surface area contributed by atoms with E-state index >= 15 is 0 Å². The maximum absolute atomic E-state index is 8.99. The Morgan fingerprint density at radius 3 is 2.76 bits per heavy atom. The van der Waals surface area contributed by atoms with Crippen molar-refractivity contribution in [2.75, 3.05) is 0 Å². The van der Waals surface area contributed by atoms with Gasteiger partial charge in [0.2, 0.25) is 0 Å². The van der Waals surface area contributed by atoms with Gasteiger partial charge in [-0.1, -0.05) is 17.7 Å². The summed E-state index contributed by atoms with van der Waals surface area (Å²) in [5.41, 5.74) is 0.813. The molecule has 0 bridgehead atoms. The summed E-state index contributed by atoms with van der Waals surface area (Å²) in [6, 6.07) is 7.04. The van der Waals surface area contributed by atoms with Crippen LogP contribution >= 0.6 is 27.5 Å². The average molecular weight is 315 g/mol. The maximum Gasteiger partial charge on any atom is 0.147 e. The van der Waals surface area contributed by atoms with Gasteiger partial charge in [0, 0.05) is 12.3 Å². The molecule has 0 atom stereocenters. The zero-order valence-electron chi connectivity index (χ0n) is 8.73. The largest absolute Gasteiger partial charge is 0.455 e. The third kappa shape index (κ3) is 3.19. The topological polar surface area (TPSA) is 42.4 Å². The van der Waals surface area contributed by atoms with E-state index in [1.165, 1.54) is 6.20 Å². The van der Waals surface area contributed by atoms with Crippen molar-refractivity contribution in [1.82, 2.24) is 4.98 Å². The van der Waals surface area contributed by atoms with Crippen molar-refractivity contribution >= 4 is 27.5 Å². The Balaban J connectivity index is 2.24. The second-order valence-electron chi connectivity index (χ2n) is 3.36. The molecular formula is C12H9BrClNO2. The van der Waals surface area contributed by atoms with E-state index in [0.29, 0.717) is 16.5 Å². The first kappa shape index (κ1) is 12.4. The van der Waals surface area contributed by atoms with E-state index in [0.717, 1.165) is 10.0 Å². The molecule has 0 saturated heterocycles. The van der Waals surface area contributed by atoms with Crippen molar-refractivity contribution in [1.29, 1.82) is 0 Å². The summed E-state index contributed by atoms with van der Waals surface area (Å²) < 4.78 is 6.38. The van der Waals surface area contributed by atoms with Crippen LogP contribution in [0, 0.1) is 0 Å². The lowest BCUT2D eigenvalue weighted by molar-refractivity contribution is 0.281. The highest BCUT2D eigenvalue weighted by Crippen LogP contribution is 2.30. The summed E-state index contributed by atoms with van der Waals surface area (Å²) in [6.45, 7) is -0.00238. The second kappa shape index (κ2) is 5.49. The van der Waals surface area contributed by atoms with E-state index in [2.05, 4.69) is 20.9 Å². The quantitative estimate of drug-likeness (QED) is 0.937. The molecule has 1 heterocycles. The van der Waals surface area contributed by atoms with Gasteiger partial charge in [0.05, 0.1) is 22.3 Å². The minimum atomic E-state index is -0.00238. The highest BCUT2D eigenvalue weighted by Gasteiger charge is 2.04. The first-order valence-corrected chi connectivity index (χ1v) is 6.04. The fourth-order valence-electron chi connectivity index (χ4n) is 1.30. The van der Waals surface area contributed by atoms with Crippen LogP contribution < -0.4 is 4.74 Å². The molecule has 5 heteroatoms. The van der Waals surface area contributed by atoms with Gasteiger partial charge < -0.3 is 9.84 Å². The molecule has 0 saturated carbocycles. The zero-order chi connectivity index (χ0) is 12.3. The van der Waals surface area contributed by atoms with Crippen LogP contribution in [0.4, 0.5) is 0 Å². The van der Waals surface area contributed by atoms with Crippen LogP contribution in [0.25, 0.3) is 0 Å². The number of aromatic nitrogens is 1. The molecule has 3 nitrogen and oxygen atoms in total. The molecule has 0 amide bonds. The van der Waals surface area contributed by atoms with Gasteiger partial charge in [-0.3, -0.25) is 4.98 Å². The van der Waals surface area contributed by atoms with Crippen LogP contribution in [0.5, 0.6) is 11.5 Å². The monoisotopic (exact) mass is 313 g/mol. The summed E-state index contributed by atoms with van der Waals surface area (Å²) in [4.78, 5) is 3.93. The first-order valence-electron chi connectivity index (χ1n) is 4.87. The first-order chi connectivity index (χ1) is 8.19. The third-order valence-electron chi connectivity index (χ3n) is 2.09. The Morgan fingerprint density at radius 1 is 1.29 bits per heavy atom. The lowest BCUT2D eigenvalue weighted by Gasteiger charge is -2.08. The minimum Gasteiger partial charge on any atom is -0.455 e. The molecule has 0 aliphatic heterocycles. The predicted octanol–water partition coefficient (Wildman–Crippen LogP) is 3.78. The summed E-state index contributed by atoms with van der Waals surface area (Å²) >= 11 is 9.19. The molecule has 2 aromatic rings. The van der Waals surface area contributed by atoms with Gasteiger partial charge in [0.1, 0.15) is 11.5 Å². The van der Waals surface area contributed by atoms with Crippen molar-refractivity contribution in [3.63, 3.8) is 0 Å². The molecule has 0 fully saturated rings. The summed E-state index contributed by atoms with van der Waals surface area (Å²) in [5.74, 6) is 1.21. The highest BCUT2D eigenvalue weighted by atomic mass is 79.9. The number of rotatable bonds is 3. The van der Waals surface area contributed by atoms with Gasteiger partial charge in [0.25, 0.3) is 0 Å². The smallest absolute Gasteiger partial charge is 0.147 e. The lowest BCUT2D eigenvalue weighted by Crippen LogP contribution is -1.89. The van der Waals surface area contributed by atoms with Crippen LogP contribution in [0.1, 0.15) is 5.56 Å². The molecule has 0 radical (unpaired) electrons. The molecule has 1 aromatic carbocycles. The Kier molecular flexibility index (Phi) is 3.99. The van der Waals surface area contributed by atoms with Gasteiger partial charge >= 0.3 is 0 Å². The highest BCUT2D eigenvalue weighted by molar-refractivity contribution is 9.10. The van der Waals surface area contributed by atoms with Gasteiger partial charge in [-0.2, -0.15) is 0 Å². The molecular weight excluding hydrogens is 305 g/mol. The minimum absolute atomic E-state index is 0.00238. The Hall–Kier alpha value is -1.10. The van der Waals surface area contributed by atoms with Crippen LogP contribution in [-0.2, 0) is 6.61 Å². The molecule has 2 rings (SSSR count). The fourth-order valence-corrected chi connectivity index (χ4v) is 1.97. The summed E-state index contributed by atoms with van der Waals surface area (Å²) in [7, 11) is 0. The lowest BCUT2D eigenvalue weighted by atomic mass is 10.2. The number of benzene rings is 1. The van der Waals surface area contributed by atoms with E-state index in [4.69, 9.17) is 21.4 Å². The van der Waals surface area contributed by atoms with E-state index in [9.17, 15) is 0 Å². The van der Waals surface area contributed by atoms with Crippen LogP contribution in [0.2, 0.25) is 5.02 Å². The van der Waals surface area contributed by atoms with Crippen LogP contribution in [0.15, 0.2) is 41.1 Å². The number of nitrogens with zero attached hydrogens (tertiary/aromatic N) is 1.